The monoisotopic (exact) mass is 303 g/mol. The van der Waals surface area contributed by atoms with Gasteiger partial charge in [0.15, 0.2) is 5.69 Å². The fraction of sp³-hybridized carbons (Fsp3) is 0.133. The van der Waals surface area contributed by atoms with E-state index in [-0.39, 0.29) is 18.0 Å². The maximum Gasteiger partial charge on any atom is 0.240 e. The highest BCUT2D eigenvalue weighted by Gasteiger charge is 2.15. The van der Waals surface area contributed by atoms with Crippen LogP contribution in [-0.2, 0) is 6.54 Å². The van der Waals surface area contributed by atoms with E-state index in [1.807, 2.05) is 0 Å². The number of methoxy groups -OCH3 is 1. The predicted octanol–water partition coefficient (Wildman–Crippen LogP) is 1.64. The molecule has 0 aliphatic rings. The van der Waals surface area contributed by atoms with Crippen molar-refractivity contribution in [1.82, 2.24) is 9.78 Å². The highest BCUT2D eigenvalue weighted by Crippen LogP contribution is 2.27. The summed E-state index contributed by atoms with van der Waals surface area (Å²) in [5, 5.41) is 24.0. The van der Waals surface area contributed by atoms with E-state index >= 15 is 0 Å². The maximum atomic E-state index is 13.8. The molecule has 0 fully saturated rings. The van der Waals surface area contributed by atoms with Gasteiger partial charge in [0.05, 0.1) is 24.6 Å². The van der Waals surface area contributed by atoms with Gasteiger partial charge < -0.3 is 9.94 Å². The van der Waals surface area contributed by atoms with Crippen LogP contribution in [0.5, 0.6) is 5.88 Å². The van der Waals surface area contributed by atoms with Crippen LogP contribution in [0.2, 0.25) is 0 Å². The normalized spacial score (nSPS) is 12.5. The van der Waals surface area contributed by atoms with Crippen LogP contribution < -0.4 is 9.96 Å². The van der Waals surface area contributed by atoms with Crippen molar-refractivity contribution in [2.75, 3.05) is 7.11 Å². The van der Waals surface area contributed by atoms with Gasteiger partial charge >= 0.3 is 0 Å². The van der Waals surface area contributed by atoms with Crippen LogP contribution in [0.3, 0.4) is 0 Å². The molecule has 2 N–H and O–H groups in total. The first kappa shape index (κ1) is 14.5. The van der Waals surface area contributed by atoms with Crippen LogP contribution in [0.15, 0.2) is 42.5 Å². The number of quaternary nitrogens is 1. The second-order valence-corrected chi connectivity index (χ2v) is 4.80. The van der Waals surface area contributed by atoms with E-state index in [0.717, 1.165) is 0 Å². The summed E-state index contributed by atoms with van der Waals surface area (Å²) in [6.45, 7) is 0.235. The number of nitrogens with zero attached hydrogens (tertiary/aromatic N) is 2. The molecule has 22 heavy (non-hydrogen) atoms. The van der Waals surface area contributed by atoms with E-state index in [2.05, 4.69) is 5.10 Å². The Bertz CT molecular complexity index is 817. The molecular formula is C15H14FN3O3. The number of fused-ring (bicyclic) bond motifs is 1. The molecule has 0 saturated heterocycles. The Hall–Kier alpha value is -2.48. The van der Waals surface area contributed by atoms with Crippen molar-refractivity contribution < 1.29 is 19.6 Å². The lowest BCUT2D eigenvalue weighted by molar-refractivity contribution is -0.991. The first-order valence-corrected chi connectivity index (χ1v) is 6.61. The molecule has 1 aromatic heterocycles. The summed E-state index contributed by atoms with van der Waals surface area (Å²) >= 11 is 0. The summed E-state index contributed by atoms with van der Waals surface area (Å²) in [7, 11) is 1.46. The van der Waals surface area contributed by atoms with Crippen molar-refractivity contribution in [2.24, 2.45) is 0 Å². The molecule has 0 aliphatic carbocycles. The number of rotatable bonds is 4. The van der Waals surface area contributed by atoms with E-state index < -0.39 is 5.23 Å². The molecule has 1 atom stereocenters. The molecule has 2 aromatic carbocycles. The lowest BCUT2D eigenvalue weighted by Gasteiger charge is -2.11. The van der Waals surface area contributed by atoms with Crippen LogP contribution in [0, 0.1) is 11.0 Å². The maximum absolute atomic E-state index is 13.8. The number of hydrogen-bond acceptors (Lipinski definition) is 4. The van der Waals surface area contributed by atoms with E-state index in [9.17, 15) is 9.60 Å². The van der Waals surface area contributed by atoms with Crippen LogP contribution in [0.1, 0.15) is 5.56 Å². The Morgan fingerprint density at radius 1 is 1.32 bits per heavy atom. The predicted molar refractivity (Wildman–Crippen MR) is 77.6 cm³/mol. The van der Waals surface area contributed by atoms with Crippen LogP contribution in [0.4, 0.5) is 10.1 Å². The van der Waals surface area contributed by atoms with E-state index in [0.29, 0.717) is 22.3 Å². The Morgan fingerprint density at radius 2 is 2.09 bits per heavy atom. The minimum atomic E-state index is -1.02. The zero-order chi connectivity index (χ0) is 15.7. The molecule has 3 rings (SSSR count). The lowest BCUT2D eigenvalue weighted by Crippen LogP contribution is -2.99. The summed E-state index contributed by atoms with van der Waals surface area (Å²) in [5.74, 6) is 0.00159. The van der Waals surface area contributed by atoms with Crippen molar-refractivity contribution in [3.8, 4) is 5.88 Å². The number of aromatic nitrogens is 2. The summed E-state index contributed by atoms with van der Waals surface area (Å²) in [4.78, 5) is 0. The van der Waals surface area contributed by atoms with Crippen molar-refractivity contribution in [1.29, 1.82) is 0 Å². The number of benzene rings is 2. The van der Waals surface area contributed by atoms with Crippen molar-refractivity contribution in [2.45, 2.75) is 6.54 Å². The van der Waals surface area contributed by atoms with Crippen LogP contribution >= 0.6 is 0 Å². The Morgan fingerprint density at radius 3 is 2.77 bits per heavy atom. The van der Waals surface area contributed by atoms with E-state index in [1.54, 1.807) is 28.9 Å². The fourth-order valence-electron chi connectivity index (χ4n) is 2.34. The summed E-state index contributed by atoms with van der Waals surface area (Å²) < 4.78 is 20.6. The summed E-state index contributed by atoms with van der Waals surface area (Å²) in [6, 6.07) is 11.1. The minimum absolute atomic E-state index is 0.149. The highest BCUT2D eigenvalue weighted by molar-refractivity contribution is 5.86. The third-order valence-corrected chi connectivity index (χ3v) is 3.43. The van der Waals surface area contributed by atoms with E-state index in [4.69, 9.17) is 9.94 Å². The van der Waals surface area contributed by atoms with Crippen LogP contribution in [0.25, 0.3) is 10.9 Å². The molecule has 0 spiro atoms. The van der Waals surface area contributed by atoms with Crippen molar-refractivity contribution in [3.63, 3.8) is 0 Å². The first-order valence-electron chi connectivity index (χ1n) is 6.61. The molecule has 1 unspecified atom stereocenters. The molecular weight excluding hydrogens is 289 g/mol. The minimum Gasteiger partial charge on any atom is -0.595 e. The summed E-state index contributed by atoms with van der Waals surface area (Å²) in [6.07, 6.45) is 0. The van der Waals surface area contributed by atoms with Gasteiger partial charge in [0, 0.05) is 17.7 Å². The van der Waals surface area contributed by atoms with Gasteiger partial charge in [0.25, 0.3) is 0 Å². The molecule has 114 valence electrons. The molecule has 1 heterocycles. The van der Waals surface area contributed by atoms with Gasteiger partial charge in [-0.05, 0) is 12.1 Å². The second kappa shape index (κ2) is 5.72. The summed E-state index contributed by atoms with van der Waals surface area (Å²) in [5.41, 5.74) is 1.33. The topological polar surface area (TPSA) is 74.8 Å². The molecule has 0 amide bonds. The lowest BCUT2D eigenvalue weighted by atomic mass is 10.2. The number of halogens is 1. The Labute approximate surface area is 125 Å². The smallest absolute Gasteiger partial charge is 0.240 e. The fourth-order valence-corrected chi connectivity index (χ4v) is 2.34. The molecule has 3 aromatic rings. The van der Waals surface area contributed by atoms with Crippen LogP contribution in [-0.4, -0.2) is 22.1 Å². The zero-order valence-corrected chi connectivity index (χ0v) is 11.8. The quantitative estimate of drug-likeness (QED) is 0.719. The largest absolute Gasteiger partial charge is 0.595 e. The number of ether oxygens (including phenoxy) is 1. The second-order valence-electron chi connectivity index (χ2n) is 4.80. The van der Waals surface area contributed by atoms with Crippen molar-refractivity contribution in [3.05, 3.63) is 59.1 Å². The molecule has 0 aliphatic heterocycles. The molecule has 0 saturated carbocycles. The first-order chi connectivity index (χ1) is 10.6. The third kappa shape index (κ3) is 2.52. The number of nitrogens with one attached hydrogen (secondary N) is 1. The van der Waals surface area contributed by atoms with Crippen molar-refractivity contribution >= 4 is 16.6 Å². The molecule has 0 bridgehead atoms. The average molecular weight is 303 g/mol. The Kier molecular flexibility index (Phi) is 3.76. The van der Waals surface area contributed by atoms with Gasteiger partial charge in [-0.3, -0.25) is 4.68 Å². The Balaban J connectivity index is 2.09. The highest BCUT2D eigenvalue weighted by atomic mass is 19.1. The standard InChI is InChI=1S/C15H14FN3O3/c1-22-15-12-8-11(19(20)21)6-7-14(12)18(17-15)9-10-4-2-3-5-13(10)16/h2-8,19-20H,9H2,1H3. The van der Waals surface area contributed by atoms with E-state index in [1.165, 1.54) is 25.3 Å². The zero-order valence-electron chi connectivity index (χ0n) is 11.8. The average Bonchev–Trinajstić information content (AvgIpc) is 2.87. The molecule has 7 heteroatoms. The van der Waals surface area contributed by atoms with Gasteiger partial charge in [0.2, 0.25) is 5.88 Å². The third-order valence-electron chi connectivity index (χ3n) is 3.43. The van der Waals surface area contributed by atoms with Gasteiger partial charge in [-0.1, -0.05) is 18.2 Å². The molecule has 0 radical (unpaired) electrons. The SMILES string of the molecule is COc1nn(Cc2ccccc2F)c2ccc([NH+]([O-])O)cc12. The molecule has 6 nitrogen and oxygen atoms in total. The van der Waals surface area contributed by atoms with Gasteiger partial charge in [-0.25, -0.2) is 9.60 Å². The van der Waals surface area contributed by atoms with Gasteiger partial charge in [0.1, 0.15) is 5.82 Å². The van der Waals surface area contributed by atoms with Gasteiger partial charge in [-0.2, -0.15) is 5.23 Å². The van der Waals surface area contributed by atoms with Gasteiger partial charge in [-0.15, -0.1) is 5.10 Å². The number of hydrogen-bond donors (Lipinski definition) is 2.